The van der Waals surface area contributed by atoms with E-state index in [-0.39, 0.29) is 17.7 Å². The van der Waals surface area contributed by atoms with E-state index in [0.717, 1.165) is 27.9 Å². The molecule has 0 bridgehead atoms. The predicted octanol–water partition coefficient (Wildman–Crippen LogP) is 3.36. The van der Waals surface area contributed by atoms with Crippen molar-refractivity contribution < 1.29 is 4.39 Å². The molecule has 1 unspecified atom stereocenters. The van der Waals surface area contributed by atoms with E-state index in [1.54, 1.807) is 24.7 Å². The van der Waals surface area contributed by atoms with Crippen LogP contribution in [0.25, 0.3) is 11.1 Å². The van der Waals surface area contributed by atoms with E-state index < -0.39 is 0 Å². The van der Waals surface area contributed by atoms with Crippen LogP contribution >= 0.6 is 0 Å². The first-order valence-electron chi connectivity index (χ1n) is 8.01. The SMILES string of the molecule is N=C1CC(c2ccc(F)cc2-c2cccnc2)Cc2nc(N)ncc21. The molecule has 5 nitrogen and oxygen atoms in total. The minimum absolute atomic E-state index is 0.0325. The van der Waals surface area contributed by atoms with Crippen LogP contribution in [0.1, 0.15) is 29.2 Å². The third-order valence-corrected chi connectivity index (χ3v) is 4.53. The highest BCUT2D eigenvalue weighted by Gasteiger charge is 2.27. The molecular formula is C19H16FN5. The summed E-state index contributed by atoms with van der Waals surface area (Å²) in [5.41, 5.74) is 10.3. The Balaban J connectivity index is 1.80. The highest BCUT2D eigenvalue weighted by molar-refractivity contribution is 6.00. The second-order valence-electron chi connectivity index (χ2n) is 6.15. The Morgan fingerprint density at radius 1 is 1.12 bits per heavy atom. The molecule has 3 aromatic rings. The number of hydrogen-bond donors (Lipinski definition) is 2. The molecule has 1 aromatic carbocycles. The van der Waals surface area contributed by atoms with Gasteiger partial charge in [-0.1, -0.05) is 12.1 Å². The molecule has 0 amide bonds. The zero-order valence-electron chi connectivity index (χ0n) is 13.4. The highest BCUT2D eigenvalue weighted by Crippen LogP contribution is 2.37. The van der Waals surface area contributed by atoms with Crippen LogP contribution in [0.2, 0.25) is 0 Å². The van der Waals surface area contributed by atoms with Gasteiger partial charge >= 0.3 is 0 Å². The average molecular weight is 333 g/mol. The summed E-state index contributed by atoms with van der Waals surface area (Å²) in [5, 5.41) is 8.33. The van der Waals surface area contributed by atoms with Crippen molar-refractivity contribution in [3.63, 3.8) is 0 Å². The van der Waals surface area contributed by atoms with Gasteiger partial charge < -0.3 is 11.1 Å². The summed E-state index contributed by atoms with van der Waals surface area (Å²) in [6.45, 7) is 0. The summed E-state index contributed by atoms with van der Waals surface area (Å²) >= 11 is 0. The molecular weight excluding hydrogens is 317 g/mol. The molecule has 6 heteroatoms. The molecule has 2 heterocycles. The van der Waals surface area contributed by atoms with Crippen molar-refractivity contribution in [3.05, 3.63) is 71.6 Å². The lowest BCUT2D eigenvalue weighted by Gasteiger charge is -2.26. The Bertz CT molecular complexity index is 955. The lowest BCUT2D eigenvalue weighted by Crippen LogP contribution is -2.21. The Morgan fingerprint density at radius 2 is 2.00 bits per heavy atom. The van der Waals surface area contributed by atoms with E-state index in [1.165, 1.54) is 12.1 Å². The summed E-state index contributed by atoms with van der Waals surface area (Å²) in [5.74, 6) is -0.0515. The number of nitrogens with two attached hydrogens (primary N) is 1. The molecule has 0 radical (unpaired) electrons. The largest absolute Gasteiger partial charge is 0.368 e. The minimum atomic E-state index is -0.291. The second kappa shape index (κ2) is 6.05. The molecule has 4 rings (SSSR count). The number of rotatable bonds is 2. The van der Waals surface area contributed by atoms with Crippen molar-refractivity contribution in [2.24, 2.45) is 0 Å². The zero-order valence-corrected chi connectivity index (χ0v) is 13.4. The van der Waals surface area contributed by atoms with Gasteiger partial charge in [-0.3, -0.25) is 4.98 Å². The summed E-state index contributed by atoms with van der Waals surface area (Å²) in [7, 11) is 0. The number of nitrogen functional groups attached to an aromatic ring is 1. The molecule has 1 aliphatic rings. The predicted molar refractivity (Wildman–Crippen MR) is 94.0 cm³/mol. The number of aromatic nitrogens is 3. The number of benzene rings is 1. The Morgan fingerprint density at radius 3 is 2.80 bits per heavy atom. The van der Waals surface area contributed by atoms with E-state index in [0.29, 0.717) is 18.6 Å². The molecule has 1 atom stereocenters. The highest BCUT2D eigenvalue weighted by atomic mass is 19.1. The molecule has 2 aromatic heterocycles. The number of anilines is 1. The van der Waals surface area contributed by atoms with E-state index >= 15 is 0 Å². The van der Waals surface area contributed by atoms with Gasteiger partial charge in [0, 0.05) is 35.4 Å². The van der Waals surface area contributed by atoms with E-state index in [4.69, 9.17) is 11.1 Å². The van der Waals surface area contributed by atoms with Gasteiger partial charge in [0.05, 0.1) is 5.69 Å². The lowest BCUT2D eigenvalue weighted by molar-refractivity contribution is 0.623. The first-order chi connectivity index (χ1) is 12.1. The van der Waals surface area contributed by atoms with Crippen molar-refractivity contribution in [3.8, 4) is 11.1 Å². The van der Waals surface area contributed by atoms with Gasteiger partial charge in [0.25, 0.3) is 0 Å². The van der Waals surface area contributed by atoms with Crippen LogP contribution in [-0.4, -0.2) is 20.7 Å². The Labute approximate surface area is 144 Å². The number of hydrogen-bond acceptors (Lipinski definition) is 5. The maximum absolute atomic E-state index is 13.9. The molecule has 124 valence electrons. The van der Waals surface area contributed by atoms with Crippen LogP contribution < -0.4 is 5.73 Å². The third kappa shape index (κ3) is 2.87. The van der Waals surface area contributed by atoms with Crippen LogP contribution in [0, 0.1) is 11.2 Å². The summed E-state index contributed by atoms with van der Waals surface area (Å²) in [4.78, 5) is 12.4. The van der Waals surface area contributed by atoms with Crippen LogP contribution in [-0.2, 0) is 6.42 Å². The van der Waals surface area contributed by atoms with Gasteiger partial charge in [-0.05, 0) is 48.1 Å². The normalized spacial score (nSPS) is 16.5. The van der Waals surface area contributed by atoms with Gasteiger partial charge in [-0.2, -0.15) is 0 Å². The first kappa shape index (κ1) is 15.4. The fourth-order valence-corrected chi connectivity index (χ4v) is 3.38. The number of fused-ring (bicyclic) bond motifs is 1. The maximum Gasteiger partial charge on any atom is 0.220 e. The monoisotopic (exact) mass is 333 g/mol. The number of nitrogens with zero attached hydrogens (tertiary/aromatic N) is 3. The standard InChI is InChI=1S/C19H16FN5/c20-13-3-4-14(15(8-13)11-2-1-5-23-9-11)12-6-17(21)16-10-24-19(22)25-18(16)7-12/h1-5,8-10,12,21H,6-7H2,(H2,22,24,25). The smallest absolute Gasteiger partial charge is 0.220 e. The Kier molecular flexibility index (Phi) is 3.72. The van der Waals surface area contributed by atoms with Crippen molar-refractivity contribution in [1.29, 1.82) is 5.41 Å². The van der Waals surface area contributed by atoms with Gasteiger partial charge in [0.15, 0.2) is 0 Å². The van der Waals surface area contributed by atoms with Crippen LogP contribution in [0.15, 0.2) is 48.9 Å². The second-order valence-corrected chi connectivity index (χ2v) is 6.15. The number of pyridine rings is 1. The molecule has 3 N–H and O–H groups in total. The van der Waals surface area contributed by atoms with Crippen molar-refractivity contribution >= 4 is 11.7 Å². The lowest BCUT2D eigenvalue weighted by atomic mass is 9.79. The molecule has 0 spiro atoms. The molecule has 25 heavy (non-hydrogen) atoms. The molecule has 0 saturated carbocycles. The van der Waals surface area contributed by atoms with Crippen molar-refractivity contribution in [2.75, 3.05) is 5.73 Å². The van der Waals surface area contributed by atoms with E-state index in [1.807, 2.05) is 12.1 Å². The zero-order chi connectivity index (χ0) is 17.4. The van der Waals surface area contributed by atoms with Gasteiger partial charge in [-0.15, -0.1) is 0 Å². The Hall–Kier alpha value is -3.15. The van der Waals surface area contributed by atoms with Gasteiger partial charge in [-0.25, -0.2) is 14.4 Å². The van der Waals surface area contributed by atoms with Gasteiger partial charge in [0.1, 0.15) is 5.82 Å². The number of nitrogens with one attached hydrogen (secondary N) is 1. The quantitative estimate of drug-likeness (QED) is 0.752. The topological polar surface area (TPSA) is 88.5 Å². The molecule has 0 fully saturated rings. The summed E-state index contributed by atoms with van der Waals surface area (Å²) in [6.07, 6.45) is 6.22. The van der Waals surface area contributed by atoms with Crippen molar-refractivity contribution in [1.82, 2.24) is 15.0 Å². The molecule has 1 aliphatic carbocycles. The first-order valence-corrected chi connectivity index (χ1v) is 8.01. The maximum atomic E-state index is 13.9. The average Bonchev–Trinajstić information content (AvgIpc) is 2.62. The minimum Gasteiger partial charge on any atom is -0.368 e. The van der Waals surface area contributed by atoms with Crippen LogP contribution in [0.5, 0.6) is 0 Å². The number of halogens is 1. The third-order valence-electron chi connectivity index (χ3n) is 4.53. The summed E-state index contributed by atoms with van der Waals surface area (Å²) < 4.78 is 13.9. The molecule has 0 saturated heterocycles. The van der Waals surface area contributed by atoms with Gasteiger partial charge in [0.2, 0.25) is 5.95 Å². The fraction of sp³-hybridized carbons (Fsp3) is 0.158. The molecule has 0 aliphatic heterocycles. The van der Waals surface area contributed by atoms with Crippen molar-refractivity contribution in [2.45, 2.75) is 18.8 Å². The van der Waals surface area contributed by atoms with Crippen LogP contribution in [0.3, 0.4) is 0 Å². The van der Waals surface area contributed by atoms with Crippen LogP contribution in [0.4, 0.5) is 10.3 Å². The summed E-state index contributed by atoms with van der Waals surface area (Å²) in [6, 6.07) is 8.53. The van der Waals surface area contributed by atoms with E-state index in [9.17, 15) is 4.39 Å². The van der Waals surface area contributed by atoms with E-state index in [2.05, 4.69) is 15.0 Å². The fourth-order valence-electron chi connectivity index (χ4n) is 3.38.